The fraction of sp³-hybridized carbons (Fsp3) is 0.0909. The van der Waals surface area contributed by atoms with Gasteiger partial charge >= 0.3 is 0 Å². The molecular weight excluding hydrogens is 1640 g/mol. The Hall–Kier alpha value is -16.4. The predicted octanol–water partition coefficient (Wildman–Crippen LogP) is 34.8. The number of rotatable bonds is 12. The van der Waals surface area contributed by atoms with Crippen LogP contribution in [0, 0.1) is 0 Å². The second kappa shape index (κ2) is 31.7. The van der Waals surface area contributed by atoms with Crippen LogP contribution in [0.15, 0.2) is 437 Å². The lowest BCUT2D eigenvalue weighted by Gasteiger charge is -2.23. The summed E-state index contributed by atoms with van der Waals surface area (Å²) < 4.78 is 0. The largest absolute Gasteiger partial charge is 0.248 e. The third-order valence-corrected chi connectivity index (χ3v) is 30.2. The Balaban J connectivity index is 0.000000145. The van der Waals surface area contributed by atoms with Gasteiger partial charge in [0, 0.05) is 76.6 Å². The van der Waals surface area contributed by atoms with E-state index < -0.39 is 0 Å². The molecule has 22 aromatic rings. The number of pyridine rings is 4. The number of nitrogens with zero attached hydrogens (tertiary/aromatic N) is 4. The van der Waals surface area contributed by atoms with E-state index in [1.807, 2.05) is 0 Å². The number of benzene rings is 18. The van der Waals surface area contributed by atoms with E-state index in [0.29, 0.717) is 0 Å². The van der Waals surface area contributed by atoms with E-state index in [1.54, 1.807) is 0 Å². The van der Waals surface area contributed by atoms with Crippen molar-refractivity contribution in [3.05, 3.63) is 481 Å². The fourth-order valence-electron chi connectivity index (χ4n) is 22.9. The maximum Gasteiger partial charge on any atom is 0.0794 e. The van der Waals surface area contributed by atoms with E-state index >= 15 is 0 Å². The van der Waals surface area contributed by atoms with Crippen LogP contribution in [0.3, 0.4) is 0 Å². The lowest BCUT2D eigenvalue weighted by Crippen LogP contribution is -2.15. The van der Waals surface area contributed by atoms with Crippen molar-refractivity contribution < 1.29 is 0 Å². The van der Waals surface area contributed by atoms with Crippen LogP contribution in [0.4, 0.5) is 0 Å². The summed E-state index contributed by atoms with van der Waals surface area (Å²) in [5, 5.41) is 6.92. The van der Waals surface area contributed by atoms with E-state index in [9.17, 15) is 0 Å². The molecule has 0 amide bonds. The summed E-state index contributed by atoms with van der Waals surface area (Å²) in [5.41, 5.74) is 49.4. The summed E-state index contributed by atoms with van der Waals surface area (Å²) in [7, 11) is 0. The zero-order chi connectivity index (χ0) is 91.5. The molecule has 4 aromatic heterocycles. The van der Waals surface area contributed by atoms with Gasteiger partial charge < -0.3 is 0 Å². The molecule has 18 aromatic carbocycles. The quantitative estimate of drug-likeness (QED) is 0.114. The molecule has 0 bridgehead atoms. The van der Waals surface area contributed by atoms with Crippen molar-refractivity contribution in [1.29, 1.82) is 0 Å². The lowest BCUT2D eigenvalue weighted by atomic mass is 9.81. The van der Waals surface area contributed by atoms with Crippen molar-refractivity contribution in [3.63, 3.8) is 0 Å². The smallest absolute Gasteiger partial charge is 0.0794 e. The van der Waals surface area contributed by atoms with Gasteiger partial charge in [-0.1, -0.05) is 419 Å². The third kappa shape index (κ3) is 13.4. The van der Waals surface area contributed by atoms with Crippen LogP contribution in [0.5, 0.6) is 0 Å². The van der Waals surface area contributed by atoms with Gasteiger partial charge in [-0.15, -0.1) is 0 Å². The van der Waals surface area contributed by atoms with Gasteiger partial charge in [0.2, 0.25) is 0 Å². The minimum absolute atomic E-state index is 0.120. The van der Waals surface area contributed by atoms with Crippen LogP contribution in [0.1, 0.15) is 99.9 Å². The van der Waals surface area contributed by atoms with E-state index in [2.05, 4.69) is 492 Å². The summed E-state index contributed by atoms with van der Waals surface area (Å²) in [5.74, 6) is 0. The van der Waals surface area contributed by atoms with E-state index in [4.69, 9.17) is 19.9 Å². The molecule has 4 nitrogen and oxygen atoms in total. The molecular formula is C132H96N4. The first kappa shape index (κ1) is 81.6. The van der Waals surface area contributed by atoms with Crippen molar-refractivity contribution in [2.75, 3.05) is 0 Å². The normalized spacial score (nSPS) is 13.8. The first-order valence-corrected chi connectivity index (χ1v) is 47.6. The molecule has 4 heterocycles. The van der Waals surface area contributed by atoms with Crippen LogP contribution in [-0.4, -0.2) is 19.9 Å². The lowest BCUT2D eigenvalue weighted by molar-refractivity contribution is 0.660. The minimum atomic E-state index is -0.134. The highest BCUT2D eigenvalue weighted by Crippen LogP contribution is 2.57. The minimum Gasteiger partial charge on any atom is -0.248 e. The van der Waals surface area contributed by atoms with Crippen molar-refractivity contribution in [2.24, 2.45) is 0 Å². The predicted molar refractivity (Wildman–Crippen MR) is 570 cm³/mol. The Morgan fingerprint density at radius 1 is 0.125 bits per heavy atom. The van der Waals surface area contributed by atoms with Gasteiger partial charge in [-0.3, -0.25) is 0 Å². The summed E-state index contributed by atoms with van der Waals surface area (Å²) in [6, 6.07) is 160. The molecule has 0 radical (unpaired) electrons. The molecule has 4 heteroatoms. The van der Waals surface area contributed by atoms with E-state index in [1.165, 1.54) is 139 Å². The molecule has 136 heavy (non-hydrogen) atoms. The maximum atomic E-state index is 5.66. The molecule has 0 aliphatic heterocycles. The molecule has 4 aliphatic carbocycles. The van der Waals surface area contributed by atoms with Crippen LogP contribution >= 0.6 is 0 Å². The standard InChI is InChI=1S/2C66H48N2/c1-65(2)57-25-15-13-22-49(57)51-33-31-45(35-59(51)65)55-40-63(46-32-34-52-50-23-14-16-26-58(50)66(3,4)60(52)36-46)68-64-53-24-12-11-21-48(53)54(39-56(55)64)42-29-27-41(28-30-42)47-37-61(43-17-7-5-8-18-43)67-62(38-47)44-19-9-6-10-20-44;1-65(2)57-25-15-13-22-49(57)51-33-31-45(35-59(51)65)55-40-63(46-32-34-52-50-23-14-16-26-58(50)66(3,4)60(52)36-46)68-64-53-24-12-11-21-48(53)54(39-56(55)64)42-27-29-44(30-28-42)62-38-47(41-17-7-5-8-18-41)37-61(67-62)43-19-9-6-10-20-43/h2*5-40H,1-4H3. The van der Waals surface area contributed by atoms with Crippen molar-refractivity contribution in [3.8, 4) is 179 Å². The van der Waals surface area contributed by atoms with Crippen molar-refractivity contribution in [2.45, 2.75) is 77.0 Å². The highest BCUT2D eigenvalue weighted by Gasteiger charge is 2.40. The van der Waals surface area contributed by atoms with Gasteiger partial charge in [0.15, 0.2) is 0 Å². The van der Waals surface area contributed by atoms with Crippen LogP contribution in [0.2, 0.25) is 0 Å². The molecule has 0 spiro atoms. The van der Waals surface area contributed by atoms with Crippen LogP contribution in [0.25, 0.3) is 222 Å². The third-order valence-electron chi connectivity index (χ3n) is 30.2. The summed E-state index contributed by atoms with van der Waals surface area (Å²) in [6.45, 7) is 18.9. The fourth-order valence-corrected chi connectivity index (χ4v) is 22.9. The Bertz CT molecular complexity index is 8040. The van der Waals surface area contributed by atoms with Gasteiger partial charge in [-0.05, 0) is 239 Å². The molecule has 0 unspecified atom stereocenters. The number of fused-ring (bicyclic) bond motifs is 18. The Morgan fingerprint density at radius 3 is 0.676 bits per heavy atom. The molecule has 0 saturated heterocycles. The first-order chi connectivity index (χ1) is 66.4. The van der Waals surface area contributed by atoms with Crippen molar-refractivity contribution in [1.82, 2.24) is 19.9 Å². The zero-order valence-electron chi connectivity index (χ0n) is 77.4. The molecule has 0 N–H and O–H groups in total. The van der Waals surface area contributed by atoms with Gasteiger partial charge in [-0.25, -0.2) is 19.9 Å². The Morgan fingerprint density at radius 2 is 0.346 bits per heavy atom. The summed E-state index contributed by atoms with van der Waals surface area (Å²) in [6.07, 6.45) is 0. The van der Waals surface area contributed by atoms with Crippen LogP contribution in [-0.2, 0) is 21.7 Å². The van der Waals surface area contributed by atoms with Crippen molar-refractivity contribution >= 4 is 43.4 Å². The molecule has 0 fully saturated rings. The Kier molecular flexibility index (Phi) is 19.0. The highest BCUT2D eigenvalue weighted by molar-refractivity contribution is 6.18. The molecule has 26 rings (SSSR count). The summed E-state index contributed by atoms with van der Waals surface area (Å²) >= 11 is 0. The second-order valence-corrected chi connectivity index (χ2v) is 39.4. The average molecular weight is 1740 g/mol. The second-order valence-electron chi connectivity index (χ2n) is 39.4. The van der Waals surface area contributed by atoms with Crippen LogP contribution < -0.4 is 0 Å². The SMILES string of the molecule is CC1(C)c2ccccc2-c2ccc(-c3cc(-c4ccc5c(c4)C(C)(C)c4ccccc4-5)c4cc(-c5ccc(-c6cc(-c7ccccc7)cc(-c7ccccc7)n6)cc5)c5ccccc5c4n3)cc21.CC1(C)c2ccccc2-c2ccc(-c3cc(-c4ccc5c(c4)C(C)(C)c4ccccc4-5)c4cc(-c5ccc(-c6cc(-c7ccccc7)nc(-c7ccccc7)c6)cc5)c5ccccc5c4n3)cc21. The summed E-state index contributed by atoms with van der Waals surface area (Å²) in [4.78, 5) is 21.7. The van der Waals surface area contributed by atoms with Gasteiger partial charge in [-0.2, -0.15) is 0 Å². The molecule has 0 saturated carbocycles. The van der Waals surface area contributed by atoms with E-state index in [-0.39, 0.29) is 21.7 Å². The molecule has 644 valence electrons. The number of hydrogen-bond acceptors (Lipinski definition) is 4. The number of hydrogen-bond donors (Lipinski definition) is 0. The Labute approximate surface area is 794 Å². The monoisotopic (exact) mass is 1740 g/mol. The van der Waals surface area contributed by atoms with Gasteiger partial charge in [0.25, 0.3) is 0 Å². The number of aromatic nitrogens is 4. The molecule has 4 aliphatic rings. The molecule has 0 atom stereocenters. The van der Waals surface area contributed by atoms with E-state index in [0.717, 1.165) is 128 Å². The average Bonchev–Trinajstić information content (AvgIpc) is 1.68. The maximum absolute atomic E-state index is 5.66. The van der Waals surface area contributed by atoms with Gasteiger partial charge in [0.05, 0.1) is 45.2 Å². The van der Waals surface area contributed by atoms with Gasteiger partial charge in [0.1, 0.15) is 0 Å². The first-order valence-electron chi connectivity index (χ1n) is 47.6. The zero-order valence-corrected chi connectivity index (χ0v) is 77.4. The topological polar surface area (TPSA) is 51.6 Å². The highest BCUT2D eigenvalue weighted by atomic mass is 14.7.